The van der Waals surface area contributed by atoms with E-state index in [0.29, 0.717) is 36.0 Å². The summed E-state index contributed by atoms with van der Waals surface area (Å²) in [5, 5.41) is 9.81. The molecule has 0 spiro atoms. The number of pyridine rings is 1. The number of methoxy groups -OCH3 is 1. The fourth-order valence-corrected chi connectivity index (χ4v) is 6.98. The molecule has 0 aliphatic rings. The van der Waals surface area contributed by atoms with E-state index in [1.54, 1.807) is 19.4 Å². The number of nitrogens with two attached hydrogens (primary N) is 1. The largest absolute Gasteiger partial charge is 0.495 e. The van der Waals surface area contributed by atoms with Crippen LogP contribution in [0.4, 0.5) is 17.2 Å². The van der Waals surface area contributed by atoms with Gasteiger partial charge in [-0.25, -0.2) is 4.98 Å². The quantitative estimate of drug-likeness (QED) is 0.126. The van der Waals surface area contributed by atoms with Gasteiger partial charge in [0, 0.05) is 76.8 Å². The zero-order chi connectivity index (χ0) is 33.8. The van der Waals surface area contributed by atoms with E-state index >= 15 is 0 Å². The van der Waals surface area contributed by atoms with Gasteiger partial charge in [0.05, 0.1) is 12.8 Å². The molecule has 10 heteroatoms. The molecule has 0 saturated carbocycles. The van der Waals surface area contributed by atoms with Crippen LogP contribution in [0.2, 0.25) is 0 Å². The first-order chi connectivity index (χ1) is 23.3. The van der Waals surface area contributed by atoms with Gasteiger partial charge in [-0.05, 0) is 72.8 Å². The Morgan fingerprint density at radius 3 is 2.69 bits per heavy atom. The minimum atomic E-state index is -0.233. The number of ether oxygens (including phenoxy) is 1. The Hall–Kier alpha value is -5.61. The zero-order valence-electron chi connectivity index (χ0n) is 27.4. The lowest BCUT2D eigenvalue weighted by molar-refractivity contribution is -0.116. The number of para-hydroxylation sites is 1. The van der Waals surface area contributed by atoms with Crippen LogP contribution in [0.5, 0.6) is 5.75 Å². The summed E-state index contributed by atoms with van der Waals surface area (Å²) in [6, 6.07) is 23.7. The number of nitrogens with one attached hydrogen (secondary N) is 2. The predicted octanol–water partition coefficient (Wildman–Crippen LogP) is 7.26. The molecule has 4 N–H and O–H groups in total. The zero-order valence-corrected chi connectivity index (χ0v) is 28.2. The van der Waals surface area contributed by atoms with Crippen molar-refractivity contribution in [2.45, 2.75) is 13.8 Å². The molecule has 3 aromatic heterocycles. The molecular formula is C38H38N6O3S. The summed E-state index contributed by atoms with van der Waals surface area (Å²) in [6.45, 7) is 6.25. The van der Waals surface area contributed by atoms with Crippen LogP contribution in [0, 0.1) is 6.92 Å². The maximum absolute atomic E-state index is 13.3. The van der Waals surface area contributed by atoms with Crippen LogP contribution in [0.3, 0.4) is 0 Å². The molecule has 0 unspecified atom stereocenters. The fraction of sp³-hybridized carbons (Fsp3) is 0.184. The summed E-state index contributed by atoms with van der Waals surface area (Å²) in [4.78, 5) is 32.7. The average Bonchev–Trinajstić information content (AvgIpc) is 3.69. The van der Waals surface area contributed by atoms with Gasteiger partial charge in [-0.15, -0.1) is 11.3 Å². The summed E-state index contributed by atoms with van der Waals surface area (Å²) in [5.41, 5.74) is 13.4. The Morgan fingerprint density at radius 1 is 1.08 bits per heavy atom. The third kappa shape index (κ3) is 6.61. The third-order valence-corrected chi connectivity index (χ3v) is 9.47. The molecule has 0 radical (unpaired) electrons. The topological polar surface area (TPSA) is 115 Å². The number of hydrogen-bond donors (Lipinski definition) is 3. The van der Waals surface area contributed by atoms with Crippen LogP contribution < -0.4 is 26.0 Å². The molecule has 244 valence electrons. The van der Waals surface area contributed by atoms with Crippen molar-refractivity contribution in [2.75, 3.05) is 42.7 Å². The Balaban J connectivity index is 1.17. The molecule has 2 amide bonds. The van der Waals surface area contributed by atoms with Gasteiger partial charge in [-0.3, -0.25) is 9.59 Å². The fourth-order valence-electron chi connectivity index (χ4n) is 5.91. The van der Waals surface area contributed by atoms with Crippen LogP contribution in [0.15, 0.2) is 90.4 Å². The molecule has 3 heterocycles. The first kappa shape index (κ1) is 32.3. The molecule has 0 saturated heterocycles. The second-order valence-corrected chi connectivity index (χ2v) is 12.4. The van der Waals surface area contributed by atoms with Crippen molar-refractivity contribution in [3.05, 3.63) is 107 Å². The highest BCUT2D eigenvalue weighted by atomic mass is 32.1. The lowest BCUT2D eigenvalue weighted by Gasteiger charge is -2.23. The number of fused-ring (bicyclic) bond motifs is 2. The average molecular weight is 659 g/mol. The second-order valence-electron chi connectivity index (χ2n) is 11.5. The van der Waals surface area contributed by atoms with Crippen molar-refractivity contribution in [1.82, 2.24) is 14.9 Å². The van der Waals surface area contributed by atoms with Crippen molar-refractivity contribution >= 4 is 67.4 Å². The first-order valence-corrected chi connectivity index (χ1v) is 16.6. The second kappa shape index (κ2) is 14.0. The van der Waals surface area contributed by atoms with Crippen LogP contribution in [0.25, 0.3) is 38.2 Å². The molecule has 0 atom stereocenters. The van der Waals surface area contributed by atoms with Gasteiger partial charge in [0.1, 0.15) is 17.3 Å². The SMILES string of the molecule is CCN(CCNC(=O)/C=C/c1cnc(N)c2c(-c3ccc(NC(=O)c4cc5ccccc5n4C)c(OC)c3)csc12)c1cccc(C)c1. The first-order valence-electron chi connectivity index (χ1n) is 15.7. The van der Waals surface area contributed by atoms with E-state index in [-0.39, 0.29) is 11.8 Å². The van der Waals surface area contributed by atoms with E-state index < -0.39 is 0 Å². The number of thiophene rings is 1. The Bertz CT molecular complexity index is 2170. The number of nitrogens with zero attached hydrogens (tertiary/aromatic N) is 3. The number of rotatable bonds is 11. The number of carbonyl (C=O) groups is 2. The number of amides is 2. The number of benzene rings is 3. The van der Waals surface area contributed by atoms with E-state index in [4.69, 9.17) is 10.5 Å². The van der Waals surface area contributed by atoms with E-state index in [2.05, 4.69) is 52.6 Å². The molecule has 6 rings (SSSR count). The lowest BCUT2D eigenvalue weighted by Crippen LogP contribution is -2.34. The monoisotopic (exact) mass is 658 g/mol. The highest BCUT2D eigenvalue weighted by Gasteiger charge is 2.18. The summed E-state index contributed by atoms with van der Waals surface area (Å²) < 4.78 is 8.50. The minimum Gasteiger partial charge on any atom is -0.495 e. The van der Waals surface area contributed by atoms with E-state index in [0.717, 1.165) is 49.9 Å². The van der Waals surface area contributed by atoms with Crippen LogP contribution in [-0.4, -0.2) is 48.1 Å². The number of hydrogen-bond acceptors (Lipinski definition) is 7. The highest BCUT2D eigenvalue weighted by molar-refractivity contribution is 7.18. The predicted molar refractivity (Wildman–Crippen MR) is 198 cm³/mol. The number of aromatic nitrogens is 2. The van der Waals surface area contributed by atoms with Gasteiger partial charge in [0.2, 0.25) is 5.91 Å². The number of likely N-dealkylation sites (N-methyl/N-ethyl adjacent to an activating group) is 1. The molecule has 9 nitrogen and oxygen atoms in total. The van der Waals surface area contributed by atoms with Crippen molar-refractivity contribution in [1.29, 1.82) is 0 Å². The number of anilines is 3. The van der Waals surface area contributed by atoms with Gasteiger partial charge in [-0.1, -0.05) is 36.4 Å². The van der Waals surface area contributed by atoms with E-state index in [9.17, 15) is 9.59 Å². The third-order valence-electron chi connectivity index (χ3n) is 8.44. The van der Waals surface area contributed by atoms with E-state index in [1.165, 1.54) is 23.0 Å². The molecule has 48 heavy (non-hydrogen) atoms. The van der Waals surface area contributed by atoms with Crippen LogP contribution in [0.1, 0.15) is 28.5 Å². The Kier molecular flexibility index (Phi) is 9.45. The van der Waals surface area contributed by atoms with Crippen molar-refractivity contribution in [3.63, 3.8) is 0 Å². The summed E-state index contributed by atoms with van der Waals surface area (Å²) in [6.07, 6.45) is 4.99. The summed E-state index contributed by atoms with van der Waals surface area (Å²) in [5.74, 6) is 0.500. The van der Waals surface area contributed by atoms with Gasteiger partial charge >= 0.3 is 0 Å². The van der Waals surface area contributed by atoms with Gasteiger partial charge in [0.25, 0.3) is 5.91 Å². The number of aryl methyl sites for hydroxylation is 2. The smallest absolute Gasteiger partial charge is 0.272 e. The minimum absolute atomic E-state index is 0.178. The molecule has 0 bridgehead atoms. The molecular weight excluding hydrogens is 621 g/mol. The maximum atomic E-state index is 13.3. The standard InChI is InChI=1S/C38H38N6O3S/c1-5-44(28-11-8-9-24(2)19-28)18-17-40-34(45)16-14-27-22-41-37(39)35-29(23-48-36(27)35)25-13-15-30(33(21-25)47-4)42-38(46)32-20-26-10-6-7-12-31(26)43(32)3/h6-16,19-23H,5,17-18H2,1-4H3,(H2,39,41)(H,40,45)(H,42,46)/b16-14+. The van der Waals surface area contributed by atoms with Crippen molar-refractivity contribution in [3.8, 4) is 16.9 Å². The molecule has 6 aromatic rings. The van der Waals surface area contributed by atoms with Crippen LogP contribution >= 0.6 is 11.3 Å². The molecule has 0 aliphatic heterocycles. The van der Waals surface area contributed by atoms with Gasteiger partial charge < -0.3 is 30.6 Å². The highest BCUT2D eigenvalue weighted by Crippen LogP contribution is 2.41. The molecule has 0 aliphatic carbocycles. The summed E-state index contributed by atoms with van der Waals surface area (Å²) in [7, 11) is 3.45. The summed E-state index contributed by atoms with van der Waals surface area (Å²) >= 11 is 1.53. The Morgan fingerprint density at radius 2 is 1.92 bits per heavy atom. The number of nitrogen functional groups attached to an aromatic ring is 1. The van der Waals surface area contributed by atoms with Crippen LogP contribution in [-0.2, 0) is 11.8 Å². The van der Waals surface area contributed by atoms with Gasteiger partial charge in [-0.2, -0.15) is 0 Å². The van der Waals surface area contributed by atoms with E-state index in [1.807, 2.05) is 71.6 Å². The molecule has 3 aromatic carbocycles. The normalized spacial score (nSPS) is 11.3. The number of carbonyl (C=O) groups excluding carboxylic acids is 2. The van der Waals surface area contributed by atoms with Crippen molar-refractivity contribution < 1.29 is 14.3 Å². The lowest BCUT2D eigenvalue weighted by atomic mass is 10.0. The Labute approximate surface area is 283 Å². The van der Waals surface area contributed by atoms with Gasteiger partial charge in [0.15, 0.2) is 0 Å². The maximum Gasteiger partial charge on any atom is 0.272 e. The van der Waals surface area contributed by atoms with Crippen molar-refractivity contribution in [2.24, 2.45) is 7.05 Å². The molecule has 0 fully saturated rings.